The quantitative estimate of drug-likeness (QED) is 0.105. The lowest BCUT2D eigenvalue weighted by Gasteiger charge is -2.26. The summed E-state index contributed by atoms with van der Waals surface area (Å²) in [6.45, 7) is -6.21. The van der Waals surface area contributed by atoms with Gasteiger partial charge in [-0.25, -0.2) is 46.9 Å². The molecule has 0 atom stereocenters. The molecule has 0 radical (unpaired) electrons. The maximum atomic E-state index is 14.6. The Bertz CT molecular complexity index is 2650. The molecule has 14 nitrogen and oxygen atoms in total. The van der Waals surface area contributed by atoms with Crippen molar-refractivity contribution in [2.75, 3.05) is 11.4 Å². The largest absolute Gasteiger partial charge is 0.417 e. The minimum Gasteiger partial charge on any atom is -0.417 e. The van der Waals surface area contributed by atoms with Gasteiger partial charge in [0.25, 0.3) is 5.56 Å². The molecular formula is C36H25ClF8N10O4. The van der Waals surface area contributed by atoms with Crippen LogP contribution in [0.5, 0.6) is 11.8 Å². The summed E-state index contributed by atoms with van der Waals surface area (Å²) in [5.41, 5.74) is 0.633. The zero-order valence-corrected chi connectivity index (χ0v) is 30.4. The molecule has 7 aromatic rings. The molecule has 8 rings (SSSR count). The highest BCUT2D eigenvalue weighted by Crippen LogP contribution is 2.29. The van der Waals surface area contributed by atoms with Crippen molar-refractivity contribution >= 4 is 17.4 Å². The molecule has 0 saturated heterocycles. The first-order chi connectivity index (χ1) is 28.3. The number of rotatable bonds is 11. The summed E-state index contributed by atoms with van der Waals surface area (Å²) >= 11 is 5.58. The fourth-order valence-electron chi connectivity index (χ4n) is 5.78. The van der Waals surface area contributed by atoms with Crippen LogP contribution < -0.4 is 19.9 Å². The topological polar surface area (TPSA) is 155 Å². The summed E-state index contributed by atoms with van der Waals surface area (Å²) in [6.07, 6.45) is 2.09. The van der Waals surface area contributed by atoms with Crippen molar-refractivity contribution in [1.82, 2.24) is 44.7 Å². The van der Waals surface area contributed by atoms with Gasteiger partial charge in [-0.1, -0.05) is 48.0 Å². The van der Waals surface area contributed by atoms with Crippen molar-refractivity contribution < 1.29 is 49.1 Å². The van der Waals surface area contributed by atoms with E-state index in [2.05, 4.69) is 44.8 Å². The van der Waals surface area contributed by atoms with Gasteiger partial charge in [0.05, 0.1) is 37.6 Å². The maximum Gasteiger partial charge on any atom is 0.388 e. The number of alkyl halides is 4. The summed E-state index contributed by atoms with van der Waals surface area (Å²) in [7, 11) is 0. The first-order valence-electron chi connectivity index (χ1n) is 17.0. The van der Waals surface area contributed by atoms with Gasteiger partial charge in [-0.2, -0.15) is 32.9 Å². The molecule has 0 bridgehead atoms. The molecule has 23 heteroatoms. The Morgan fingerprint density at radius 3 is 1.80 bits per heavy atom. The fourth-order valence-corrected chi connectivity index (χ4v) is 5.91. The predicted octanol–water partition coefficient (Wildman–Crippen LogP) is 7.03. The Morgan fingerprint density at radius 1 is 0.746 bits per heavy atom. The van der Waals surface area contributed by atoms with Crippen LogP contribution in [0.15, 0.2) is 82.4 Å². The van der Waals surface area contributed by atoms with Crippen LogP contribution in [-0.2, 0) is 26.1 Å². The van der Waals surface area contributed by atoms with Crippen molar-refractivity contribution in [3.8, 4) is 34.8 Å². The number of anilines is 1. The second-order valence-corrected chi connectivity index (χ2v) is 12.7. The van der Waals surface area contributed by atoms with Gasteiger partial charge in [0, 0.05) is 29.8 Å². The van der Waals surface area contributed by atoms with Crippen LogP contribution in [0.3, 0.4) is 0 Å². The number of nitrogens with one attached hydrogen (secondary N) is 1. The molecular weight excluding hydrogens is 824 g/mol. The molecule has 0 unspecified atom stereocenters. The van der Waals surface area contributed by atoms with E-state index < -0.39 is 41.6 Å². The molecule has 0 fully saturated rings. The molecule has 2 aromatic carbocycles. The predicted molar refractivity (Wildman–Crippen MR) is 190 cm³/mol. The van der Waals surface area contributed by atoms with Crippen LogP contribution in [0.25, 0.3) is 23.0 Å². The smallest absolute Gasteiger partial charge is 0.388 e. The number of halogens is 9. The van der Waals surface area contributed by atoms with Crippen LogP contribution in [-0.4, -0.2) is 64.4 Å². The van der Waals surface area contributed by atoms with Crippen molar-refractivity contribution in [3.63, 3.8) is 0 Å². The number of aromatic amines is 1. The normalized spacial score (nSPS) is 12.4. The van der Waals surface area contributed by atoms with Gasteiger partial charge in [-0.05, 0) is 18.6 Å². The lowest BCUT2D eigenvalue weighted by atomic mass is 10.1. The molecule has 0 aliphatic carbocycles. The van der Waals surface area contributed by atoms with E-state index in [1.54, 1.807) is 17.0 Å². The van der Waals surface area contributed by atoms with E-state index in [-0.39, 0.29) is 76.9 Å². The minimum absolute atomic E-state index is 0.0221. The van der Waals surface area contributed by atoms with Crippen LogP contribution in [0, 0.1) is 23.3 Å². The third-order valence-electron chi connectivity index (χ3n) is 8.49. The number of benzene rings is 2. The summed E-state index contributed by atoms with van der Waals surface area (Å²) in [4.78, 5) is 28.8. The van der Waals surface area contributed by atoms with E-state index in [0.717, 1.165) is 27.8 Å². The van der Waals surface area contributed by atoms with Gasteiger partial charge < -0.3 is 18.9 Å². The highest BCUT2D eigenvalue weighted by molar-refractivity contribution is 6.29. The Kier molecular flexibility index (Phi) is 11.9. The molecule has 1 aliphatic heterocycles. The van der Waals surface area contributed by atoms with E-state index in [1.807, 2.05) is 0 Å². The van der Waals surface area contributed by atoms with Crippen molar-refractivity contribution in [2.45, 2.75) is 39.3 Å². The number of hydrogen-bond donors (Lipinski definition) is 1. The minimum atomic E-state index is -3.15. The third-order valence-corrected chi connectivity index (χ3v) is 8.76. The van der Waals surface area contributed by atoms with Gasteiger partial charge >= 0.3 is 13.2 Å². The van der Waals surface area contributed by atoms with Crippen molar-refractivity contribution in [3.05, 3.63) is 134 Å². The average molecular weight is 849 g/mol. The average Bonchev–Trinajstić information content (AvgIpc) is 3.91. The van der Waals surface area contributed by atoms with Gasteiger partial charge in [-0.15, -0.1) is 0 Å². The first-order valence-corrected chi connectivity index (χ1v) is 17.4. The second kappa shape index (κ2) is 17.3. The molecule has 59 heavy (non-hydrogen) atoms. The van der Waals surface area contributed by atoms with Crippen LogP contribution in [0.1, 0.15) is 22.5 Å². The zero-order valence-electron chi connectivity index (χ0n) is 29.7. The standard InChI is InChI=1S/C21H16F4N6O3.C15H9ClF4N4O/c22-13-4-2-1-3-11(13)9-31-17(33-21(24)25)7-15(28-31)18-26-8-14(23)19(27-18)30-6-5-12-16(10-30)34-29-20(12)32;16-13-10(18)6-21-14(22-13)11-5-12(25-15(19)20)24(23-11)7-8-3-1-2-4-9(8)17/h1-4,7-8,21H,5-6,9-10H2,(H,29,32);1-6,15H,7H2. The van der Waals surface area contributed by atoms with Crippen LogP contribution in [0.2, 0.25) is 5.15 Å². The molecule has 1 aliphatic rings. The van der Waals surface area contributed by atoms with E-state index in [1.165, 1.54) is 42.5 Å². The monoisotopic (exact) mass is 848 g/mol. The van der Waals surface area contributed by atoms with E-state index >= 15 is 0 Å². The Balaban J connectivity index is 0.000000188. The van der Waals surface area contributed by atoms with Crippen molar-refractivity contribution in [2.24, 2.45) is 0 Å². The van der Waals surface area contributed by atoms with Crippen LogP contribution >= 0.6 is 11.6 Å². The lowest BCUT2D eigenvalue weighted by Crippen LogP contribution is -2.33. The Morgan fingerprint density at radius 2 is 1.27 bits per heavy atom. The molecule has 6 heterocycles. The number of nitrogens with zero attached hydrogens (tertiary/aromatic N) is 9. The second-order valence-electron chi connectivity index (χ2n) is 12.3. The van der Waals surface area contributed by atoms with E-state index in [9.17, 15) is 39.9 Å². The summed E-state index contributed by atoms with van der Waals surface area (Å²) in [6, 6.07) is 13.9. The van der Waals surface area contributed by atoms with Gasteiger partial charge in [0.2, 0.25) is 11.8 Å². The van der Waals surface area contributed by atoms with Gasteiger partial charge in [0.1, 0.15) is 23.0 Å². The maximum absolute atomic E-state index is 14.6. The van der Waals surface area contributed by atoms with Crippen molar-refractivity contribution in [1.29, 1.82) is 0 Å². The number of fused-ring (bicyclic) bond motifs is 1. The molecule has 1 N–H and O–H groups in total. The molecule has 5 aromatic heterocycles. The summed E-state index contributed by atoms with van der Waals surface area (Å²) in [5.74, 6) is -3.11. The fraction of sp³-hybridized carbons (Fsp3) is 0.194. The highest BCUT2D eigenvalue weighted by Gasteiger charge is 2.27. The molecule has 0 saturated carbocycles. The Labute approximate surface area is 330 Å². The summed E-state index contributed by atoms with van der Waals surface area (Å²) in [5, 5.41) is 10.0. The number of H-pyrrole nitrogens is 1. The first kappa shape index (κ1) is 40.4. The molecule has 0 spiro atoms. The Hall–Kier alpha value is -6.84. The summed E-state index contributed by atoms with van der Waals surface area (Å²) < 4.78 is 123. The number of ether oxygens (including phenoxy) is 2. The van der Waals surface area contributed by atoms with E-state index in [0.29, 0.717) is 24.3 Å². The lowest BCUT2D eigenvalue weighted by molar-refractivity contribution is -0.0563. The SMILES string of the molecule is Fc1ccccc1Cn1nc(-c2ncc(F)c(Cl)n2)cc1OC(F)F.O=c1[nH]oc2c1CCN(c1nc(-c3cc(OC(F)F)n(Cc4ccccc4F)n3)ncc1F)C2. The van der Waals surface area contributed by atoms with E-state index in [4.69, 9.17) is 16.1 Å². The highest BCUT2D eigenvalue weighted by atomic mass is 35.5. The van der Waals surface area contributed by atoms with Gasteiger partial charge in [0.15, 0.2) is 40.0 Å². The van der Waals surface area contributed by atoms with Gasteiger partial charge in [-0.3, -0.25) is 4.79 Å². The zero-order chi connectivity index (χ0) is 41.8. The molecule has 306 valence electrons. The number of hydrogen-bond acceptors (Lipinski definition) is 11. The molecule has 0 amide bonds. The third kappa shape index (κ3) is 9.32. The number of aromatic nitrogens is 9. The van der Waals surface area contributed by atoms with Crippen LogP contribution in [0.4, 0.5) is 40.9 Å².